The monoisotopic (exact) mass is 816 g/mol. The van der Waals surface area contributed by atoms with Crippen molar-refractivity contribution in [1.82, 2.24) is 5.32 Å². The molecule has 0 saturated heterocycles. The highest BCUT2D eigenvalue weighted by Gasteiger charge is 2.20. The molecule has 0 aliphatic carbocycles. The maximum absolute atomic E-state index is 12.5. The standard InChI is InChI=1S/C54H105NO3/c1-3-5-7-9-11-13-15-17-19-21-23-25-27-29-31-33-35-37-39-41-43-45-47-49-53(57)52(51-56)55-54(58)50-48-46-44-42-40-38-36-34-32-30-28-26-24-22-20-18-16-14-12-10-8-6-4-2/h16,18,22,24,52-53,56-57H,3-15,17,19-21,23,25-51H2,1-2H3,(H,55,58)/b18-16-,24-22-. The fraction of sp³-hybridized carbons (Fsp3) is 0.907. The van der Waals surface area contributed by atoms with E-state index >= 15 is 0 Å². The van der Waals surface area contributed by atoms with E-state index < -0.39 is 12.1 Å². The van der Waals surface area contributed by atoms with Crippen LogP contribution in [-0.4, -0.2) is 34.9 Å². The molecule has 0 rings (SSSR count). The third kappa shape index (κ3) is 45.9. The van der Waals surface area contributed by atoms with Gasteiger partial charge in [-0.15, -0.1) is 0 Å². The Labute approximate surface area is 364 Å². The number of aliphatic hydroxyl groups excluding tert-OH is 2. The second kappa shape index (κ2) is 50.2. The number of rotatable bonds is 49. The summed E-state index contributed by atoms with van der Waals surface area (Å²) in [6.07, 6.45) is 65.7. The van der Waals surface area contributed by atoms with Gasteiger partial charge in [0.15, 0.2) is 0 Å². The van der Waals surface area contributed by atoms with Gasteiger partial charge in [0.2, 0.25) is 5.91 Å². The molecule has 344 valence electrons. The van der Waals surface area contributed by atoms with E-state index in [-0.39, 0.29) is 12.5 Å². The molecule has 2 atom stereocenters. The topological polar surface area (TPSA) is 69.6 Å². The predicted octanol–water partition coefficient (Wildman–Crippen LogP) is 17.1. The van der Waals surface area contributed by atoms with Crippen molar-refractivity contribution in [1.29, 1.82) is 0 Å². The molecule has 0 aliphatic heterocycles. The third-order valence-corrected chi connectivity index (χ3v) is 12.5. The molecular formula is C54H105NO3. The third-order valence-electron chi connectivity index (χ3n) is 12.5. The molecule has 3 N–H and O–H groups in total. The first-order valence-corrected chi connectivity index (χ1v) is 26.5. The predicted molar refractivity (Wildman–Crippen MR) is 258 cm³/mol. The molecule has 0 spiro atoms. The molecule has 2 unspecified atom stereocenters. The maximum atomic E-state index is 12.5. The summed E-state index contributed by atoms with van der Waals surface area (Å²) in [4.78, 5) is 12.5. The van der Waals surface area contributed by atoms with Crippen molar-refractivity contribution in [2.75, 3.05) is 6.61 Å². The number of carbonyl (C=O) groups is 1. The molecule has 0 bridgehead atoms. The highest BCUT2D eigenvalue weighted by molar-refractivity contribution is 5.76. The van der Waals surface area contributed by atoms with E-state index in [2.05, 4.69) is 43.5 Å². The van der Waals surface area contributed by atoms with Crippen LogP contribution in [0.15, 0.2) is 24.3 Å². The first-order valence-electron chi connectivity index (χ1n) is 26.5. The molecule has 58 heavy (non-hydrogen) atoms. The van der Waals surface area contributed by atoms with Crippen LogP contribution in [0.4, 0.5) is 0 Å². The summed E-state index contributed by atoms with van der Waals surface area (Å²) < 4.78 is 0. The van der Waals surface area contributed by atoms with E-state index in [1.54, 1.807) is 0 Å². The Kier molecular flexibility index (Phi) is 49.2. The number of carbonyl (C=O) groups excluding carboxylic acids is 1. The highest BCUT2D eigenvalue weighted by atomic mass is 16.3. The summed E-state index contributed by atoms with van der Waals surface area (Å²) in [6.45, 7) is 4.38. The lowest BCUT2D eigenvalue weighted by Gasteiger charge is -2.22. The molecule has 4 heteroatoms. The Morgan fingerprint density at radius 1 is 0.414 bits per heavy atom. The Morgan fingerprint density at radius 3 is 1.03 bits per heavy atom. The van der Waals surface area contributed by atoms with Gasteiger partial charge in [0.05, 0.1) is 18.8 Å². The van der Waals surface area contributed by atoms with Crippen LogP contribution < -0.4 is 5.32 Å². The Balaban J connectivity index is 3.46. The first-order chi connectivity index (χ1) is 28.7. The molecule has 1 amide bonds. The number of unbranched alkanes of at least 4 members (excludes halogenated alkanes) is 38. The van der Waals surface area contributed by atoms with Crippen LogP contribution in [0.25, 0.3) is 0 Å². The van der Waals surface area contributed by atoms with Crippen LogP contribution in [0.2, 0.25) is 0 Å². The molecule has 0 aromatic carbocycles. The van der Waals surface area contributed by atoms with Crippen molar-refractivity contribution in [3.63, 3.8) is 0 Å². The quantitative estimate of drug-likeness (QED) is 0.0423. The lowest BCUT2D eigenvalue weighted by molar-refractivity contribution is -0.123. The van der Waals surface area contributed by atoms with Gasteiger partial charge in [-0.05, 0) is 44.9 Å². The van der Waals surface area contributed by atoms with Crippen molar-refractivity contribution >= 4 is 5.91 Å². The van der Waals surface area contributed by atoms with Crippen LogP contribution in [0.3, 0.4) is 0 Å². The smallest absolute Gasteiger partial charge is 0.220 e. The van der Waals surface area contributed by atoms with E-state index in [1.807, 2.05) is 0 Å². The minimum atomic E-state index is -0.660. The summed E-state index contributed by atoms with van der Waals surface area (Å²) in [7, 11) is 0. The zero-order valence-electron chi connectivity index (χ0n) is 39.6. The molecular weight excluding hydrogens is 711 g/mol. The Bertz CT molecular complexity index is 840. The van der Waals surface area contributed by atoms with E-state index in [0.717, 1.165) is 32.1 Å². The fourth-order valence-corrected chi connectivity index (χ4v) is 8.39. The van der Waals surface area contributed by atoms with Gasteiger partial charge in [0, 0.05) is 6.42 Å². The molecule has 0 aromatic rings. The summed E-state index contributed by atoms with van der Waals surface area (Å²) >= 11 is 0. The van der Waals surface area contributed by atoms with Crippen molar-refractivity contribution < 1.29 is 15.0 Å². The molecule has 0 heterocycles. The van der Waals surface area contributed by atoms with Crippen molar-refractivity contribution in [3.05, 3.63) is 24.3 Å². The lowest BCUT2D eigenvalue weighted by Crippen LogP contribution is -2.45. The highest BCUT2D eigenvalue weighted by Crippen LogP contribution is 2.17. The minimum Gasteiger partial charge on any atom is -0.394 e. The molecule has 0 radical (unpaired) electrons. The number of aliphatic hydroxyl groups is 2. The second-order valence-corrected chi connectivity index (χ2v) is 18.3. The van der Waals surface area contributed by atoms with E-state index in [4.69, 9.17) is 0 Å². The van der Waals surface area contributed by atoms with Gasteiger partial charge in [0.25, 0.3) is 0 Å². The number of nitrogens with one attached hydrogen (secondary N) is 1. The van der Waals surface area contributed by atoms with Gasteiger partial charge in [-0.25, -0.2) is 0 Å². The number of hydrogen-bond donors (Lipinski definition) is 3. The second-order valence-electron chi connectivity index (χ2n) is 18.3. The number of hydrogen-bond acceptors (Lipinski definition) is 3. The number of amides is 1. The molecule has 0 saturated carbocycles. The van der Waals surface area contributed by atoms with Crippen LogP contribution >= 0.6 is 0 Å². The maximum Gasteiger partial charge on any atom is 0.220 e. The lowest BCUT2D eigenvalue weighted by atomic mass is 10.0. The Hall–Kier alpha value is -1.13. The van der Waals surface area contributed by atoms with Crippen LogP contribution in [0, 0.1) is 0 Å². The minimum absolute atomic E-state index is 0.0294. The fourth-order valence-electron chi connectivity index (χ4n) is 8.39. The molecule has 4 nitrogen and oxygen atoms in total. The first kappa shape index (κ1) is 56.9. The van der Waals surface area contributed by atoms with Gasteiger partial charge in [0.1, 0.15) is 0 Å². The van der Waals surface area contributed by atoms with Gasteiger partial charge in [-0.1, -0.05) is 269 Å². The van der Waals surface area contributed by atoms with Crippen molar-refractivity contribution in [2.45, 2.75) is 309 Å². The van der Waals surface area contributed by atoms with E-state index in [1.165, 1.54) is 238 Å². The van der Waals surface area contributed by atoms with Crippen LogP contribution in [0.1, 0.15) is 296 Å². The van der Waals surface area contributed by atoms with Crippen LogP contribution in [0.5, 0.6) is 0 Å². The normalized spacial score (nSPS) is 13.0. The zero-order chi connectivity index (χ0) is 42.1. The van der Waals surface area contributed by atoms with Gasteiger partial charge in [-0.2, -0.15) is 0 Å². The zero-order valence-corrected chi connectivity index (χ0v) is 39.6. The van der Waals surface area contributed by atoms with E-state index in [9.17, 15) is 15.0 Å². The number of allylic oxidation sites excluding steroid dienone is 4. The van der Waals surface area contributed by atoms with Gasteiger partial charge < -0.3 is 15.5 Å². The Morgan fingerprint density at radius 2 is 0.707 bits per heavy atom. The summed E-state index contributed by atoms with van der Waals surface area (Å²) in [5, 5.41) is 23.3. The van der Waals surface area contributed by atoms with Gasteiger partial charge >= 0.3 is 0 Å². The average Bonchev–Trinajstić information content (AvgIpc) is 3.23. The SMILES string of the molecule is CCCCCCC/C=C\C/C=C\CCCCCCCCCCCCCC(=O)NC(CO)C(O)CCCCCCCCCCCCCCCCCCCCCCCCC. The molecule has 0 fully saturated rings. The summed E-state index contributed by atoms with van der Waals surface area (Å²) in [6, 6.07) is -0.536. The van der Waals surface area contributed by atoms with E-state index in [0.29, 0.717) is 12.8 Å². The average molecular weight is 816 g/mol. The summed E-state index contributed by atoms with van der Waals surface area (Å²) in [5.74, 6) is -0.0294. The largest absolute Gasteiger partial charge is 0.394 e. The van der Waals surface area contributed by atoms with Gasteiger partial charge in [-0.3, -0.25) is 4.79 Å². The molecule has 0 aromatic heterocycles. The van der Waals surface area contributed by atoms with Crippen molar-refractivity contribution in [3.8, 4) is 0 Å². The molecule has 0 aliphatic rings. The van der Waals surface area contributed by atoms with Crippen molar-refractivity contribution in [2.24, 2.45) is 0 Å². The summed E-state index contributed by atoms with van der Waals surface area (Å²) in [5.41, 5.74) is 0. The van der Waals surface area contributed by atoms with Crippen LogP contribution in [-0.2, 0) is 4.79 Å².